The second-order valence-corrected chi connectivity index (χ2v) is 5.25. The van der Waals surface area contributed by atoms with Crippen LogP contribution in [0.25, 0.3) is 0 Å². The summed E-state index contributed by atoms with van der Waals surface area (Å²) >= 11 is 0. The lowest BCUT2D eigenvalue weighted by Gasteiger charge is -2.12. The predicted molar refractivity (Wildman–Crippen MR) is 77.2 cm³/mol. The van der Waals surface area contributed by atoms with Gasteiger partial charge in [0.1, 0.15) is 0 Å². The number of pyridine rings is 1. The van der Waals surface area contributed by atoms with Crippen molar-refractivity contribution in [2.45, 2.75) is 31.6 Å². The van der Waals surface area contributed by atoms with Gasteiger partial charge in [0.2, 0.25) is 11.8 Å². The van der Waals surface area contributed by atoms with Crippen LogP contribution in [0.2, 0.25) is 0 Å². The molecule has 0 unspecified atom stereocenters. The Morgan fingerprint density at radius 3 is 2.71 bits per heavy atom. The molecule has 132 valence electrons. The molecule has 1 aromatic rings. The van der Waals surface area contributed by atoms with Gasteiger partial charge in [-0.3, -0.25) is 4.79 Å². The van der Waals surface area contributed by atoms with E-state index in [1.54, 1.807) is 0 Å². The first-order chi connectivity index (χ1) is 11.3. The molecule has 1 heterocycles. The molecule has 0 spiro atoms. The summed E-state index contributed by atoms with van der Waals surface area (Å²) < 4.78 is 41.2. The molecule has 0 aliphatic heterocycles. The molecule has 1 aliphatic carbocycles. The molecule has 0 radical (unpaired) electrons. The van der Waals surface area contributed by atoms with E-state index in [0.29, 0.717) is 5.56 Å². The van der Waals surface area contributed by atoms with Gasteiger partial charge in [-0.25, -0.2) is 9.78 Å². The van der Waals surface area contributed by atoms with Crippen molar-refractivity contribution >= 4 is 11.9 Å². The largest absolute Gasteiger partial charge is 0.468 e. The number of nitrogens with one attached hydrogen (secondary N) is 3. The number of aromatic nitrogens is 1. The average molecular weight is 346 g/mol. The van der Waals surface area contributed by atoms with Gasteiger partial charge in [0.25, 0.3) is 0 Å². The lowest BCUT2D eigenvalue weighted by Crippen LogP contribution is -2.42. The van der Waals surface area contributed by atoms with E-state index < -0.39 is 24.7 Å². The number of rotatable bonds is 7. The van der Waals surface area contributed by atoms with Crippen molar-refractivity contribution < 1.29 is 27.5 Å². The summed E-state index contributed by atoms with van der Waals surface area (Å²) in [5.74, 6) is -0.680. The fraction of sp³-hybridized carbons (Fsp3) is 0.500. The van der Waals surface area contributed by atoms with Crippen LogP contribution in [0.5, 0.6) is 5.88 Å². The second kappa shape index (κ2) is 7.84. The summed E-state index contributed by atoms with van der Waals surface area (Å²) in [6.45, 7) is -1.77. The molecule has 0 bridgehead atoms. The number of nitrogens with zero attached hydrogens (tertiary/aromatic N) is 1. The van der Waals surface area contributed by atoms with E-state index in [-0.39, 0.29) is 25.0 Å². The molecular formula is C14H17F3N4O3. The average Bonchev–Trinajstić information content (AvgIpc) is 3.33. The summed E-state index contributed by atoms with van der Waals surface area (Å²) in [5, 5.41) is 7.53. The van der Waals surface area contributed by atoms with E-state index in [9.17, 15) is 22.8 Å². The molecule has 1 saturated carbocycles. The monoisotopic (exact) mass is 346 g/mol. The number of ether oxygens (including phenoxy) is 1. The van der Waals surface area contributed by atoms with Crippen LogP contribution in [-0.4, -0.2) is 42.3 Å². The van der Waals surface area contributed by atoms with Gasteiger partial charge < -0.3 is 20.7 Å². The quantitative estimate of drug-likeness (QED) is 0.689. The molecule has 0 saturated heterocycles. The Morgan fingerprint density at radius 1 is 1.29 bits per heavy atom. The van der Waals surface area contributed by atoms with Gasteiger partial charge in [-0.2, -0.15) is 13.2 Å². The van der Waals surface area contributed by atoms with Gasteiger partial charge in [0.05, 0.1) is 6.54 Å². The van der Waals surface area contributed by atoms with Crippen LogP contribution in [0, 0.1) is 0 Å². The smallest absolute Gasteiger partial charge is 0.422 e. The number of amides is 3. The first-order valence-electron chi connectivity index (χ1n) is 7.28. The zero-order chi connectivity index (χ0) is 17.6. The number of alkyl halides is 3. The van der Waals surface area contributed by atoms with Gasteiger partial charge in [0.15, 0.2) is 6.61 Å². The highest BCUT2D eigenvalue weighted by Crippen LogP contribution is 2.20. The summed E-state index contributed by atoms with van der Waals surface area (Å²) in [6, 6.07) is 2.76. The maximum atomic E-state index is 12.2. The van der Waals surface area contributed by atoms with Crippen molar-refractivity contribution in [1.82, 2.24) is 20.9 Å². The van der Waals surface area contributed by atoms with E-state index in [2.05, 4.69) is 25.7 Å². The lowest BCUT2D eigenvalue weighted by atomic mass is 10.2. The number of carbonyl (C=O) groups is 2. The summed E-state index contributed by atoms with van der Waals surface area (Å²) in [4.78, 5) is 26.7. The van der Waals surface area contributed by atoms with E-state index in [1.807, 2.05) is 0 Å². The maximum absolute atomic E-state index is 12.2. The summed E-state index contributed by atoms with van der Waals surface area (Å²) in [5.41, 5.74) is 0.303. The molecular weight excluding hydrogens is 329 g/mol. The Hall–Kier alpha value is -2.52. The Morgan fingerprint density at radius 2 is 2.04 bits per heavy atom. The molecule has 1 aliphatic rings. The van der Waals surface area contributed by atoms with Crippen molar-refractivity contribution in [3.8, 4) is 5.88 Å². The number of halogens is 3. The third kappa shape index (κ3) is 6.71. The number of hydrogen-bond acceptors (Lipinski definition) is 4. The minimum atomic E-state index is -4.48. The molecule has 10 heteroatoms. The lowest BCUT2D eigenvalue weighted by molar-refractivity contribution is -0.154. The minimum Gasteiger partial charge on any atom is -0.468 e. The second-order valence-electron chi connectivity index (χ2n) is 5.25. The highest BCUT2D eigenvalue weighted by molar-refractivity contribution is 5.84. The van der Waals surface area contributed by atoms with E-state index in [1.165, 1.54) is 18.3 Å². The molecule has 3 N–H and O–H groups in total. The maximum Gasteiger partial charge on any atom is 0.422 e. The zero-order valence-corrected chi connectivity index (χ0v) is 12.7. The summed E-state index contributed by atoms with van der Waals surface area (Å²) in [6.07, 6.45) is -1.32. The van der Waals surface area contributed by atoms with Crippen molar-refractivity contribution in [1.29, 1.82) is 0 Å². The van der Waals surface area contributed by atoms with Crippen LogP contribution < -0.4 is 20.7 Å². The Kier molecular flexibility index (Phi) is 5.83. The normalized spacial score (nSPS) is 14.0. The van der Waals surface area contributed by atoms with Crippen LogP contribution in [0.15, 0.2) is 18.3 Å². The first-order valence-corrected chi connectivity index (χ1v) is 7.28. The van der Waals surface area contributed by atoms with Crippen LogP contribution in [0.4, 0.5) is 18.0 Å². The van der Waals surface area contributed by atoms with Crippen LogP contribution in [0.3, 0.4) is 0 Å². The molecule has 2 rings (SSSR count). The topological polar surface area (TPSA) is 92.4 Å². The van der Waals surface area contributed by atoms with E-state index in [0.717, 1.165) is 12.8 Å². The van der Waals surface area contributed by atoms with Crippen molar-refractivity contribution in [2.75, 3.05) is 13.2 Å². The third-order valence-corrected chi connectivity index (χ3v) is 3.02. The van der Waals surface area contributed by atoms with Gasteiger partial charge in [-0.15, -0.1) is 0 Å². The Labute approximate surface area is 136 Å². The number of carbonyl (C=O) groups excluding carboxylic acids is 2. The van der Waals surface area contributed by atoms with Crippen molar-refractivity contribution in [2.24, 2.45) is 0 Å². The molecule has 7 nitrogen and oxygen atoms in total. The van der Waals surface area contributed by atoms with Crippen molar-refractivity contribution in [3.05, 3.63) is 23.9 Å². The molecule has 0 aromatic carbocycles. The molecule has 3 amide bonds. The first kappa shape index (κ1) is 17.8. The van der Waals surface area contributed by atoms with Crippen LogP contribution >= 0.6 is 0 Å². The molecule has 0 atom stereocenters. The third-order valence-electron chi connectivity index (χ3n) is 3.02. The van der Waals surface area contributed by atoms with E-state index in [4.69, 9.17) is 0 Å². The Balaban J connectivity index is 1.76. The van der Waals surface area contributed by atoms with Gasteiger partial charge in [-0.05, 0) is 18.9 Å². The van der Waals surface area contributed by atoms with Crippen LogP contribution in [0.1, 0.15) is 18.4 Å². The van der Waals surface area contributed by atoms with Gasteiger partial charge >= 0.3 is 12.2 Å². The van der Waals surface area contributed by atoms with Gasteiger partial charge in [0, 0.05) is 24.3 Å². The summed E-state index contributed by atoms with van der Waals surface area (Å²) in [7, 11) is 0. The van der Waals surface area contributed by atoms with Gasteiger partial charge in [-0.1, -0.05) is 6.07 Å². The number of hydrogen-bond donors (Lipinski definition) is 3. The highest BCUT2D eigenvalue weighted by atomic mass is 19.4. The number of urea groups is 1. The molecule has 1 aromatic heterocycles. The minimum absolute atomic E-state index is 0.0637. The predicted octanol–water partition coefficient (Wildman–Crippen LogP) is 1.10. The fourth-order valence-electron chi connectivity index (χ4n) is 1.72. The standard InChI is InChI=1S/C14H17F3N4O3/c15-14(16,17)8-24-12-9(2-1-5-18-12)6-19-11(22)7-20-13(23)21-10-3-4-10/h1-2,5,10H,3-4,6-8H2,(H,19,22)(H2,20,21,23). The molecule has 24 heavy (non-hydrogen) atoms. The highest BCUT2D eigenvalue weighted by Gasteiger charge is 2.29. The fourth-order valence-corrected chi connectivity index (χ4v) is 1.72. The SMILES string of the molecule is O=C(CNC(=O)NC1CC1)NCc1cccnc1OCC(F)(F)F. The Bertz CT molecular complexity index is 591. The molecule has 1 fully saturated rings. The van der Waals surface area contributed by atoms with Crippen LogP contribution in [-0.2, 0) is 11.3 Å². The van der Waals surface area contributed by atoms with E-state index >= 15 is 0 Å². The zero-order valence-electron chi connectivity index (χ0n) is 12.7. The van der Waals surface area contributed by atoms with Crippen molar-refractivity contribution in [3.63, 3.8) is 0 Å².